The van der Waals surface area contributed by atoms with Crippen molar-refractivity contribution in [2.24, 2.45) is 0 Å². The number of carbonyl (C=O) groups is 2. The molecule has 1 atom stereocenters. The Morgan fingerprint density at radius 1 is 0.905 bits per heavy atom. The molecule has 0 fully saturated rings. The smallest absolute Gasteiger partial charge is 0.262 e. The number of rotatable bonds is 11. The van der Waals surface area contributed by atoms with Gasteiger partial charge in [-0.05, 0) is 60.9 Å². The number of benzene rings is 3. The van der Waals surface area contributed by atoms with Gasteiger partial charge in [-0.1, -0.05) is 72.8 Å². The third-order valence-corrected chi connectivity index (χ3v) is 8.24. The molecule has 3 aromatic carbocycles. The monoisotopic (exact) mass is 580 g/mol. The largest absolute Gasteiger partial charge is 0.467 e. The zero-order valence-corrected chi connectivity index (χ0v) is 24.3. The lowest BCUT2D eigenvalue weighted by Gasteiger charge is -2.18. The summed E-state index contributed by atoms with van der Waals surface area (Å²) in [5.74, 6) is 0.338. The van der Waals surface area contributed by atoms with Crippen LogP contribution in [0, 0.1) is 6.92 Å². The predicted molar refractivity (Wildman–Crippen MR) is 164 cm³/mol. The first-order chi connectivity index (χ1) is 20.4. The molecule has 0 saturated carbocycles. The molecule has 9 heteroatoms. The van der Waals surface area contributed by atoms with Gasteiger partial charge in [0.25, 0.3) is 11.5 Å². The zero-order chi connectivity index (χ0) is 29.5. The van der Waals surface area contributed by atoms with Crippen LogP contribution in [0.1, 0.15) is 46.2 Å². The molecule has 5 aromatic rings. The molecule has 8 nitrogen and oxygen atoms in total. The van der Waals surface area contributed by atoms with E-state index in [2.05, 4.69) is 10.6 Å². The van der Waals surface area contributed by atoms with Crippen molar-refractivity contribution >= 4 is 34.5 Å². The van der Waals surface area contributed by atoms with E-state index in [-0.39, 0.29) is 23.9 Å². The van der Waals surface area contributed by atoms with Crippen molar-refractivity contribution in [3.63, 3.8) is 0 Å². The van der Waals surface area contributed by atoms with Gasteiger partial charge >= 0.3 is 0 Å². The summed E-state index contributed by atoms with van der Waals surface area (Å²) in [6.45, 7) is 4.94. The van der Waals surface area contributed by atoms with E-state index in [0.717, 1.165) is 16.7 Å². The van der Waals surface area contributed by atoms with Crippen molar-refractivity contribution in [2.45, 2.75) is 50.3 Å². The first kappa shape index (κ1) is 28.9. The zero-order valence-electron chi connectivity index (χ0n) is 23.5. The molecule has 42 heavy (non-hydrogen) atoms. The SMILES string of the molecule is CCC(Sc1nc2ccccc2c(=O)n1Cc1ccc(C(=O)NCc2ccco2)cc1)C(=O)NCc1ccc(C)cc1. The number of furan rings is 1. The highest BCUT2D eigenvalue weighted by atomic mass is 32.2. The van der Waals surface area contributed by atoms with Crippen LogP contribution in [-0.2, 0) is 24.4 Å². The number of nitrogens with one attached hydrogen (secondary N) is 2. The number of thioether (sulfide) groups is 1. The summed E-state index contributed by atoms with van der Waals surface area (Å²) in [6, 6.07) is 25.9. The van der Waals surface area contributed by atoms with E-state index in [1.165, 1.54) is 11.8 Å². The number of amides is 2. The number of nitrogens with zero attached hydrogens (tertiary/aromatic N) is 2. The normalized spacial score (nSPS) is 11.8. The van der Waals surface area contributed by atoms with Gasteiger partial charge in [-0.2, -0.15) is 0 Å². The topological polar surface area (TPSA) is 106 Å². The van der Waals surface area contributed by atoms with Gasteiger partial charge in [0, 0.05) is 12.1 Å². The molecule has 0 aliphatic heterocycles. The minimum absolute atomic E-state index is 0.109. The van der Waals surface area contributed by atoms with Gasteiger partial charge in [0.15, 0.2) is 5.16 Å². The van der Waals surface area contributed by atoms with Crippen LogP contribution in [0.15, 0.2) is 106 Å². The van der Waals surface area contributed by atoms with Gasteiger partial charge in [-0.25, -0.2) is 4.98 Å². The second-order valence-corrected chi connectivity index (χ2v) is 11.1. The van der Waals surface area contributed by atoms with Gasteiger partial charge in [-0.3, -0.25) is 19.0 Å². The van der Waals surface area contributed by atoms with E-state index in [4.69, 9.17) is 9.40 Å². The predicted octanol–water partition coefficient (Wildman–Crippen LogP) is 5.46. The molecule has 0 aliphatic carbocycles. The van der Waals surface area contributed by atoms with Crippen LogP contribution in [0.5, 0.6) is 0 Å². The van der Waals surface area contributed by atoms with Crippen LogP contribution in [0.3, 0.4) is 0 Å². The molecular formula is C33H32N4O4S. The summed E-state index contributed by atoms with van der Waals surface area (Å²) >= 11 is 1.29. The minimum atomic E-state index is -0.435. The molecule has 2 amide bonds. The van der Waals surface area contributed by atoms with Crippen LogP contribution >= 0.6 is 11.8 Å². The van der Waals surface area contributed by atoms with E-state index in [9.17, 15) is 14.4 Å². The van der Waals surface area contributed by atoms with Crippen molar-refractivity contribution in [1.29, 1.82) is 0 Å². The number of fused-ring (bicyclic) bond motifs is 1. The fourth-order valence-electron chi connectivity index (χ4n) is 4.46. The van der Waals surface area contributed by atoms with Gasteiger partial charge in [0.1, 0.15) is 5.76 Å². The lowest BCUT2D eigenvalue weighted by Crippen LogP contribution is -2.33. The summed E-state index contributed by atoms with van der Waals surface area (Å²) in [6.07, 6.45) is 2.13. The molecule has 5 rings (SSSR count). The third-order valence-electron chi connectivity index (χ3n) is 6.88. The Hall–Kier alpha value is -4.63. The van der Waals surface area contributed by atoms with Crippen molar-refractivity contribution in [3.8, 4) is 0 Å². The fraction of sp³-hybridized carbons (Fsp3) is 0.212. The molecule has 0 spiro atoms. The van der Waals surface area contributed by atoms with Crippen LogP contribution < -0.4 is 16.2 Å². The van der Waals surface area contributed by atoms with Gasteiger partial charge < -0.3 is 15.1 Å². The van der Waals surface area contributed by atoms with Crippen molar-refractivity contribution in [3.05, 3.63) is 130 Å². The Bertz CT molecular complexity index is 1730. The molecule has 214 valence electrons. The number of aryl methyl sites for hydroxylation is 1. The minimum Gasteiger partial charge on any atom is -0.467 e. The van der Waals surface area contributed by atoms with Crippen molar-refractivity contribution < 1.29 is 14.0 Å². The standard InChI is InChI=1S/C33H32N4O4S/c1-3-29(31(39)34-19-23-12-10-22(2)11-13-23)42-33-36-28-9-5-4-8-27(28)32(40)37(33)21-24-14-16-25(17-15-24)30(38)35-20-26-7-6-18-41-26/h4-18,29H,3,19-21H2,1-2H3,(H,34,39)(H,35,38). The first-order valence-corrected chi connectivity index (χ1v) is 14.7. The lowest BCUT2D eigenvalue weighted by atomic mass is 10.1. The molecular weight excluding hydrogens is 548 g/mol. The second kappa shape index (κ2) is 13.4. The average Bonchev–Trinajstić information content (AvgIpc) is 3.54. The second-order valence-electron chi connectivity index (χ2n) is 9.98. The van der Waals surface area contributed by atoms with Crippen LogP contribution in [0.25, 0.3) is 10.9 Å². The summed E-state index contributed by atoms with van der Waals surface area (Å²) in [5.41, 5.74) is 3.91. The number of carbonyl (C=O) groups excluding carboxylic acids is 2. The van der Waals surface area contributed by atoms with E-state index in [0.29, 0.717) is 46.9 Å². The fourth-order valence-corrected chi connectivity index (χ4v) is 5.50. The Balaban J connectivity index is 1.34. The number of para-hydroxylation sites is 1. The highest BCUT2D eigenvalue weighted by Crippen LogP contribution is 2.26. The molecule has 2 aromatic heterocycles. The molecule has 0 radical (unpaired) electrons. The highest BCUT2D eigenvalue weighted by Gasteiger charge is 2.22. The molecule has 0 aliphatic rings. The Morgan fingerprint density at radius 3 is 2.36 bits per heavy atom. The summed E-state index contributed by atoms with van der Waals surface area (Å²) in [7, 11) is 0. The summed E-state index contributed by atoms with van der Waals surface area (Å²) in [5, 5.41) is 6.40. The van der Waals surface area contributed by atoms with Crippen molar-refractivity contribution in [1.82, 2.24) is 20.2 Å². The van der Waals surface area contributed by atoms with Gasteiger partial charge in [-0.15, -0.1) is 0 Å². The van der Waals surface area contributed by atoms with Gasteiger partial charge in [0.2, 0.25) is 5.91 Å². The number of aromatic nitrogens is 2. The summed E-state index contributed by atoms with van der Waals surface area (Å²) < 4.78 is 6.87. The molecule has 0 saturated heterocycles. The molecule has 0 bridgehead atoms. The Morgan fingerprint density at radius 2 is 1.64 bits per heavy atom. The van der Waals surface area contributed by atoms with E-state index in [1.807, 2.05) is 62.4 Å². The maximum atomic E-state index is 13.6. The highest BCUT2D eigenvalue weighted by molar-refractivity contribution is 8.00. The van der Waals surface area contributed by atoms with Crippen LogP contribution in [-0.4, -0.2) is 26.6 Å². The van der Waals surface area contributed by atoms with Crippen LogP contribution in [0.2, 0.25) is 0 Å². The summed E-state index contributed by atoms with van der Waals surface area (Å²) in [4.78, 5) is 44.2. The van der Waals surface area contributed by atoms with E-state index < -0.39 is 5.25 Å². The third kappa shape index (κ3) is 6.98. The quantitative estimate of drug-likeness (QED) is 0.159. The average molecular weight is 581 g/mol. The van der Waals surface area contributed by atoms with E-state index in [1.54, 1.807) is 47.2 Å². The van der Waals surface area contributed by atoms with Crippen molar-refractivity contribution in [2.75, 3.05) is 0 Å². The maximum Gasteiger partial charge on any atom is 0.262 e. The molecule has 2 heterocycles. The van der Waals surface area contributed by atoms with Crippen LogP contribution in [0.4, 0.5) is 0 Å². The van der Waals surface area contributed by atoms with E-state index >= 15 is 0 Å². The lowest BCUT2D eigenvalue weighted by molar-refractivity contribution is -0.120. The Labute approximate surface area is 248 Å². The first-order valence-electron chi connectivity index (χ1n) is 13.8. The number of hydrogen-bond donors (Lipinski definition) is 2. The Kier molecular flexibility index (Phi) is 9.18. The maximum absolute atomic E-state index is 13.6. The molecule has 2 N–H and O–H groups in total. The van der Waals surface area contributed by atoms with Gasteiger partial charge in [0.05, 0.1) is 35.5 Å². The molecule has 1 unspecified atom stereocenters. The number of hydrogen-bond acceptors (Lipinski definition) is 6.